The highest BCUT2D eigenvalue weighted by atomic mass is 16.5. The monoisotopic (exact) mass is 183 g/mol. The van der Waals surface area contributed by atoms with Gasteiger partial charge in [0.2, 0.25) is 0 Å². The quantitative estimate of drug-likeness (QED) is 0.722. The zero-order chi connectivity index (χ0) is 9.31. The Balaban J connectivity index is 1.71. The Morgan fingerprint density at radius 1 is 1.31 bits per heavy atom. The fourth-order valence-corrected chi connectivity index (χ4v) is 2.06. The van der Waals surface area contributed by atoms with Crippen LogP contribution in [0.1, 0.15) is 39.5 Å². The van der Waals surface area contributed by atoms with Crippen LogP contribution in [-0.2, 0) is 4.74 Å². The Kier molecular flexibility index (Phi) is 2.61. The van der Waals surface area contributed by atoms with Crippen molar-refractivity contribution in [2.24, 2.45) is 5.92 Å². The molecule has 2 aliphatic rings. The van der Waals surface area contributed by atoms with Crippen molar-refractivity contribution in [3.05, 3.63) is 0 Å². The molecule has 1 aliphatic heterocycles. The van der Waals surface area contributed by atoms with Crippen molar-refractivity contribution < 1.29 is 4.74 Å². The molecule has 1 N–H and O–H groups in total. The largest absolute Gasteiger partial charge is 0.375 e. The summed E-state index contributed by atoms with van der Waals surface area (Å²) in [6.45, 7) is 6.55. The van der Waals surface area contributed by atoms with Crippen molar-refractivity contribution in [3.63, 3.8) is 0 Å². The summed E-state index contributed by atoms with van der Waals surface area (Å²) in [4.78, 5) is 0. The van der Waals surface area contributed by atoms with E-state index in [4.69, 9.17) is 4.74 Å². The summed E-state index contributed by atoms with van der Waals surface area (Å²) in [6, 6.07) is 0.698. The molecule has 2 heteroatoms. The lowest BCUT2D eigenvalue weighted by molar-refractivity contribution is -0.0628. The molecule has 13 heavy (non-hydrogen) atoms. The van der Waals surface area contributed by atoms with Crippen molar-refractivity contribution in [1.29, 1.82) is 0 Å². The predicted octanol–water partition coefficient (Wildman–Crippen LogP) is 1.94. The maximum atomic E-state index is 5.68. The number of nitrogens with one attached hydrogen (secondary N) is 1. The summed E-state index contributed by atoms with van der Waals surface area (Å²) in [5, 5.41) is 3.66. The van der Waals surface area contributed by atoms with E-state index in [-0.39, 0.29) is 5.60 Å². The molecule has 0 radical (unpaired) electrons. The third-order valence-corrected chi connectivity index (χ3v) is 3.09. The average molecular weight is 183 g/mol. The van der Waals surface area contributed by atoms with Gasteiger partial charge in [-0.2, -0.15) is 0 Å². The SMILES string of the molecule is CC1(C)CC(NCC2CC2)CCO1. The van der Waals surface area contributed by atoms with Crippen molar-refractivity contribution in [3.8, 4) is 0 Å². The Hall–Kier alpha value is -0.0800. The third-order valence-electron chi connectivity index (χ3n) is 3.09. The molecule has 0 aromatic carbocycles. The first kappa shape index (κ1) is 9.47. The summed E-state index contributed by atoms with van der Waals surface area (Å²) < 4.78 is 5.68. The van der Waals surface area contributed by atoms with Crippen LogP contribution in [0, 0.1) is 5.92 Å². The fourth-order valence-electron chi connectivity index (χ4n) is 2.06. The number of ether oxygens (including phenoxy) is 1. The van der Waals surface area contributed by atoms with Gasteiger partial charge in [-0.1, -0.05) is 0 Å². The van der Waals surface area contributed by atoms with Crippen LogP contribution in [0.2, 0.25) is 0 Å². The van der Waals surface area contributed by atoms with Crippen molar-refractivity contribution in [2.45, 2.75) is 51.2 Å². The molecule has 1 unspecified atom stereocenters. The number of hydrogen-bond donors (Lipinski definition) is 1. The minimum atomic E-state index is 0.0967. The Bertz CT molecular complexity index is 175. The van der Waals surface area contributed by atoms with Gasteiger partial charge in [-0.05, 0) is 52.0 Å². The van der Waals surface area contributed by atoms with Gasteiger partial charge in [-0.25, -0.2) is 0 Å². The van der Waals surface area contributed by atoms with Crippen LogP contribution in [0.4, 0.5) is 0 Å². The van der Waals surface area contributed by atoms with Gasteiger partial charge < -0.3 is 10.1 Å². The van der Waals surface area contributed by atoms with E-state index < -0.39 is 0 Å². The molecule has 0 amide bonds. The van der Waals surface area contributed by atoms with Crippen LogP contribution >= 0.6 is 0 Å². The number of hydrogen-bond acceptors (Lipinski definition) is 2. The lowest BCUT2D eigenvalue weighted by Crippen LogP contribution is -2.44. The molecule has 76 valence electrons. The smallest absolute Gasteiger partial charge is 0.0641 e. The molecule has 2 rings (SSSR count). The van der Waals surface area contributed by atoms with E-state index in [9.17, 15) is 0 Å². The van der Waals surface area contributed by atoms with Gasteiger partial charge in [-0.15, -0.1) is 0 Å². The zero-order valence-electron chi connectivity index (χ0n) is 8.81. The molecular weight excluding hydrogens is 162 g/mol. The highest BCUT2D eigenvalue weighted by molar-refractivity contribution is 4.85. The summed E-state index contributed by atoms with van der Waals surface area (Å²) in [5.41, 5.74) is 0.0967. The van der Waals surface area contributed by atoms with Crippen LogP contribution in [-0.4, -0.2) is 24.8 Å². The summed E-state index contributed by atoms with van der Waals surface area (Å²) >= 11 is 0. The van der Waals surface area contributed by atoms with Crippen LogP contribution in [0.15, 0.2) is 0 Å². The fraction of sp³-hybridized carbons (Fsp3) is 1.00. The van der Waals surface area contributed by atoms with E-state index in [1.807, 2.05) is 0 Å². The Morgan fingerprint density at radius 3 is 2.69 bits per heavy atom. The highest BCUT2D eigenvalue weighted by Gasteiger charge is 2.30. The molecule has 2 fully saturated rings. The van der Waals surface area contributed by atoms with Gasteiger partial charge in [-0.3, -0.25) is 0 Å². The summed E-state index contributed by atoms with van der Waals surface area (Å²) in [7, 11) is 0. The topological polar surface area (TPSA) is 21.3 Å². The van der Waals surface area contributed by atoms with Gasteiger partial charge in [0.25, 0.3) is 0 Å². The molecule has 0 aromatic rings. The van der Waals surface area contributed by atoms with Gasteiger partial charge in [0.1, 0.15) is 0 Å². The molecule has 0 spiro atoms. The molecule has 1 heterocycles. The predicted molar refractivity (Wildman–Crippen MR) is 53.8 cm³/mol. The lowest BCUT2D eigenvalue weighted by Gasteiger charge is -2.36. The van der Waals surface area contributed by atoms with E-state index in [2.05, 4.69) is 19.2 Å². The first-order valence-electron chi connectivity index (χ1n) is 5.53. The van der Waals surface area contributed by atoms with Crippen molar-refractivity contribution >= 4 is 0 Å². The molecule has 1 saturated heterocycles. The highest BCUT2D eigenvalue weighted by Crippen LogP contribution is 2.29. The maximum absolute atomic E-state index is 5.68. The van der Waals surface area contributed by atoms with Crippen molar-refractivity contribution in [1.82, 2.24) is 5.32 Å². The van der Waals surface area contributed by atoms with E-state index in [1.165, 1.54) is 32.2 Å². The zero-order valence-corrected chi connectivity index (χ0v) is 8.81. The van der Waals surface area contributed by atoms with E-state index in [0.29, 0.717) is 6.04 Å². The van der Waals surface area contributed by atoms with Gasteiger partial charge >= 0.3 is 0 Å². The molecule has 1 aliphatic carbocycles. The van der Waals surface area contributed by atoms with Gasteiger partial charge in [0.15, 0.2) is 0 Å². The van der Waals surface area contributed by atoms with Crippen molar-refractivity contribution in [2.75, 3.05) is 13.2 Å². The molecule has 1 saturated carbocycles. The van der Waals surface area contributed by atoms with Crippen LogP contribution in [0.5, 0.6) is 0 Å². The van der Waals surface area contributed by atoms with Crippen LogP contribution in [0.3, 0.4) is 0 Å². The molecule has 1 atom stereocenters. The first-order chi connectivity index (χ1) is 6.16. The van der Waals surface area contributed by atoms with Crippen LogP contribution < -0.4 is 5.32 Å². The molecule has 0 aromatic heterocycles. The van der Waals surface area contributed by atoms with Gasteiger partial charge in [0.05, 0.1) is 5.60 Å². The van der Waals surface area contributed by atoms with Gasteiger partial charge in [0, 0.05) is 12.6 Å². The summed E-state index contributed by atoms with van der Waals surface area (Å²) in [5.74, 6) is 0.992. The second kappa shape index (κ2) is 3.58. The number of rotatable bonds is 3. The maximum Gasteiger partial charge on any atom is 0.0641 e. The standard InChI is InChI=1S/C11H21NO/c1-11(2)7-10(5-6-13-11)12-8-9-3-4-9/h9-10,12H,3-8H2,1-2H3. The molecule has 2 nitrogen and oxygen atoms in total. The molecular formula is C11H21NO. The van der Waals surface area contributed by atoms with E-state index >= 15 is 0 Å². The second-order valence-corrected chi connectivity index (χ2v) is 5.15. The summed E-state index contributed by atoms with van der Waals surface area (Å²) in [6.07, 6.45) is 5.25. The van der Waals surface area contributed by atoms with Crippen LogP contribution in [0.25, 0.3) is 0 Å². The van der Waals surface area contributed by atoms with E-state index in [1.54, 1.807) is 0 Å². The third kappa shape index (κ3) is 2.96. The second-order valence-electron chi connectivity index (χ2n) is 5.15. The lowest BCUT2D eigenvalue weighted by atomic mass is 9.94. The minimum absolute atomic E-state index is 0.0967. The first-order valence-corrected chi connectivity index (χ1v) is 5.53. The Labute approximate surface area is 81.0 Å². The minimum Gasteiger partial charge on any atom is -0.375 e. The molecule has 0 bridgehead atoms. The normalized spacial score (nSPS) is 33.2. The Morgan fingerprint density at radius 2 is 2.08 bits per heavy atom. The van der Waals surface area contributed by atoms with E-state index in [0.717, 1.165) is 12.5 Å². The average Bonchev–Trinajstić information content (AvgIpc) is 2.82.